The van der Waals surface area contributed by atoms with Crippen LogP contribution in [-0.4, -0.2) is 17.5 Å². The summed E-state index contributed by atoms with van der Waals surface area (Å²) in [5.41, 5.74) is 3.33. The van der Waals surface area contributed by atoms with Crippen molar-refractivity contribution in [1.29, 1.82) is 0 Å². The van der Waals surface area contributed by atoms with Gasteiger partial charge in [-0.1, -0.05) is 18.2 Å². The third-order valence-corrected chi connectivity index (χ3v) is 3.07. The van der Waals surface area contributed by atoms with E-state index in [9.17, 15) is 9.59 Å². The Labute approximate surface area is 121 Å². The number of hydrogen-bond donors (Lipinski definition) is 2. The SMILES string of the molecule is CC(=O)Nc1ccc(N=C2C(=O)Nc3ccccc32)cc1. The molecule has 0 saturated carbocycles. The number of nitrogens with zero attached hydrogens (tertiary/aromatic N) is 1. The maximum absolute atomic E-state index is 11.9. The smallest absolute Gasteiger partial charge is 0.275 e. The van der Waals surface area contributed by atoms with Gasteiger partial charge >= 0.3 is 0 Å². The number of fused-ring (bicyclic) bond motifs is 1. The Bertz CT molecular complexity index is 748. The normalized spacial score (nSPS) is 14.7. The van der Waals surface area contributed by atoms with Crippen LogP contribution in [0.2, 0.25) is 0 Å². The number of carbonyl (C=O) groups is 2. The van der Waals surface area contributed by atoms with E-state index < -0.39 is 0 Å². The van der Waals surface area contributed by atoms with Gasteiger partial charge in [-0.2, -0.15) is 0 Å². The minimum Gasteiger partial charge on any atom is -0.326 e. The van der Waals surface area contributed by atoms with Crippen molar-refractivity contribution in [2.24, 2.45) is 4.99 Å². The van der Waals surface area contributed by atoms with Gasteiger partial charge in [-0.3, -0.25) is 9.59 Å². The molecule has 0 atom stereocenters. The van der Waals surface area contributed by atoms with E-state index in [1.807, 2.05) is 24.3 Å². The molecule has 1 heterocycles. The van der Waals surface area contributed by atoms with Crippen molar-refractivity contribution in [3.8, 4) is 0 Å². The van der Waals surface area contributed by atoms with Gasteiger partial charge in [-0.15, -0.1) is 0 Å². The number of hydrogen-bond acceptors (Lipinski definition) is 3. The summed E-state index contributed by atoms with van der Waals surface area (Å²) < 4.78 is 0. The molecule has 0 fully saturated rings. The molecule has 0 unspecified atom stereocenters. The van der Waals surface area contributed by atoms with E-state index in [-0.39, 0.29) is 11.8 Å². The number of carbonyl (C=O) groups excluding carboxylic acids is 2. The first-order chi connectivity index (χ1) is 10.1. The van der Waals surface area contributed by atoms with Crippen molar-refractivity contribution in [2.75, 3.05) is 10.6 Å². The van der Waals surface area contributed by atoms with Gasteiger partial charge in [0.15, 0.2) is 0 Å². The Morgan fingerprint density at radius 2 is 1.81 bits per heavy atom. The van der Waals surface area contributed by atoms with Crippen molar-refractivity contribution >= 4 is 34.6 Å². The highest BCUT2D eigenvalue weighted by atomic mass is 16.2. The predicted octanol–water partition coefficient (Wildman–Crippen LogP) is 2.72. The van der Waals surface area contributed by atoms with Gasteiger partial charge in [0.05, 0.1) is 11.4 Å². The van der Waals surface area contributed by atoms with Crippen LogP contribution in [0.4, 0.5) is 17.1 Å². The van der Waals surface area contributed by atoms with Crippen LogP contribution in [0.5, 0.6) is 0 Å². The van der Waals surface area contributed by atoms with Gasteiger partial charge < -0.3 is 10.6 Å². The average molecular weight is 279 g/mol. The summed E-state index contributed by atoms with van der Waals surface area (Å²) in [5.74, 6) is -0.333. The highest BCUT2D eigenvalue weighted by molar-refractivity contribution is 6.54. The quantitative estimate of drug-likeness (QED) is 0.887. The monoisotopic (exact) mass is 279 g/mol. The largest absolute Gasteiger partial charge is 0.326 e. The van der Waals surface area contributed by atoms with E-state index in [4.69, 9.17) is 0 Å². The van der Waals surface area contributed by atoms with Gasteiger partial charge in [-0.05, 0) is 30.3 Å². The topological polar surface area (TPSA) is 70.6 Å². The number of benzene rings is 2. The molecule has 1 aliphatic heterocycles. The van der Waals surface area contributed by atoms with Crippen molar-refractivity contribution in [3.05, 3.63) is 54.1 Å². The molecule has 0 saturated heterocycles. The molecule has 21 heavy (non-hydrogen) atoms. The van der Waals surface area contributed by atoms with E-state index in [0.717, 1.165) is 11.3 Å². The van der Waals surface area contributed by atoms with E-state index in [2.05, 4.69) is 15.6 Å². The molecule has 2 aromatic carbocycles. The van der Waals surface area contributed by atoms with E-state index in [1.165, 1.54) is 6.92 Å². The summed E-state index contributed by atoms with van der Waals surface area (Å²) in [6.45, 7) is 1.45. The third kappa shape index (κ3) is 2.67. The maximum Gasteiger partial charge on any atom is 0.275 e. The second-order valence-electron chi connectivity index (χ2n) is 4.69. The molecule has 0 bridgehead atoms. The first kappa shape index (κ1) is 13.1. The number of rotatable bonds is 2. The molecule has 5 nitrogen and oxygen atoms in total. The minimum atomic E-state index is -0.206. The van der Waals surface area contributed by atoms with Gasteiger partial charge in [0.1, 0.15) is 5.71 Å². The first-order valence-electron chi connectivity index (χ1n) is 6.50. The Hall–Kier alpha value is -2.95. The fraction of sp³-hybridized carbons (Fsp3) is 0.0625. The lowest BCUT2D eigenvalue weighted by molar-refractivity contribution is -0.114. The highest BCUT2D eigenvalue weighted by Gasteiger charge is 2.25. The molecule has 0 spiro atoms. The number of anilines is 2. The molecule has 2 N–H and O–H groups in total. The molecular weight excluding hydrogens is 266 g/mol. The van der Waals surface area contributed by atoms with Gasteiger partial charge in [0, 0.05) is 18.2 Å². The summed E-state index contributed by atoms with van der Waals surface area (Å²) in [5, 5.41) is 5.46. The molecule has 2 amide bonds. The fourth-order valence-electron chi connectivity index (χ4n) is 2.17. The van der Waals surface area contributed by atoms with Crippen LogP contribution in [0.15, 0.2) is 53.5 Å². The Morgan fingerprint density at radius 1 is 1.10 bits per heavy atom. The molecule has 5 heteroatoms. The van der Waals surface area contributed by atoms with Gasteiger partial charge in [-0.25, -0.2) is 4.99 Å². The van der Waals surface area contributed by atoms with Gasteiger partial charge in [0.2, 0.25) is 5.91 Å². The Balaban J connectivity index is 1.91. The van der Waals surface area contributed by atoms with Crippen LogP contribution >= 0.6 is 0 Å². The molecule has 0 aromatic heterocycles. The van der Waals surface area contributed by atoms with Crippen LogP contribution in [0.1, 0.15) is 12.5 Å². The van der Waals surface area contributed by atoms with Crippen LogP contribution < -0.4 is 10.6 Å². The van der Waals surface area contributed by atoms with Crippen LogP contribution in [-0.2, 0) is 9.59 Å². The number of para-hydroxylation sites is 1. The van der Waals surface area contributed by atoms with E-state index in [0.29, 0.717) is 17.1 Å². The lowest BCUT2D eigenvalue weighted by Gasteiger charge is -2.02. The fourth-order valence-corrected chi connectivity index (χ4v) is 2.17. The summed E-state index contributed by atoms with van der Waals surface area (Å²) >= 11 is 0. The highest BCUT2D eigenvalue weighted by Crippen LogP contribution is 2.25. The predicted molar refractivity (Wildman–Crippen MR) is 82.0 cm³/mol. The average Bonchev–Trinajstić information content (AvgIpc) is 2.77. The van der Waals surface area contributed by atoms with Crippen LogP contribution in [0.3, 0.4) is 0 Å². The zero-order valence-electron chi connectivity index (χ0n) is 11.4. The van der Waals surface area contributed by atoms with Crippen molar-refractivity contribution < 1.29 is 9.59 Å². The van der Waals surface area contributed by atoms with Crippen LogP contribution in [0, 0.1) is 0 Å². The minimum absolute atomic E-state index is 0.127. The second-order valence-corrected chi connectivity index (χ2v) is 4.69. The van der Waals surface area contributed by atoms with Crippen molar-refractivity contribution in [2.45, 2.75) is 6.92 Å². The zero-order chi connectivity index (χ0) is 14.8. The molecule has 104 valence electrons. The molecular formula is C16H13N3O2. The number of amides is 2. The second kappa shape index (κ2) is 5.20. The van der Waals surface area contributed by atoms with Crippen molar-refractivity contribution in [3.63, 3.8) is 0 Å². The summed E-state index contributed by atoms with van der Waals surface area (Å²) in [7, 11) is 0. The number of aliphatic imine (C=N–C) groups is 1. The van der Waals surface area contributed by atoms with E-state index >= 15 is 0 Å². The third-order valence-electron chi connectivity index (χ3n) is 3.07. The molecule has 1 aliphatic rings. The van der Waals surface area contributed by atoms with Crippen molar-refractivity contribution in [1.82, 2.24) is 0 Å². The molecule has 3 rings (SSSR count). The first-order valence-corrected chi connectivity index (χ1v) is 6.50. The Morgan fingerprint density at radius 3 is 2.52 bits per heavy atom. The summed E-state index contributed by atoms with van der Waals surface area (Å²) in [4.78, 5) is 27.3. The molecule has 0 radical (unpaired) electrons. The lowest BCUT2D eigenvalue weighted by atomic mass is 10.1. The zero-order valence-corrected chi connectivity index (χ0v) is 11.4. The van der Waals surface area contributed by atoms with Crippen LogP contribution in [0.25, 0.3) is 0 Å². The summed E-state index contributed by atoms with van der Waals surface area (Å²) in [6, 6.07) is 14.4. The van der Waals surface area contributed by atoms with E-state index in [1.54, 1.807) is 24.3 Å². The molecule has 0 aliphatic carbocycles. The Kier molecular flexibility index (Phi) is 3.23. The van der Waals surface area contributed by atoms with Gasteiger partial charge in [0.25, 0.3) is 5.91 Å². The lowest BCUT2D eigenvalue weighted by Crippen LogP contribution is -2.13. The number of nitrogens with one attached hydrogen (secondary N) is 2. The maximum atomic E-state index is 11.9. The molecule has 2 aromatic rings. The standard InChI is InChI=1S/C16H13N3O2/c1-10(20)17-11-6-8-12(9-7-11)18-15-13-4-2-3-5-14(13)19-16(15)21/h2-9H,1H3,(H,17,20)(H,18,19,21). The summed E-state index contributed by atoms with van der Waals surface area (Å²) in [6.07, 6.45) is 0.